The van der Waals surface area contributed by atoms with Crippen molar-refractivity contribution in [2.24, 2.45) is 0 Å². The standard InChI is InChI=1S/C20H22N4O5/c1-14-5-2-6-15(11-14)19(27)21-12-17(25)23-8-4-9-24(23)18(26)13-22-20(28)16-7-3-10-29-16/h2-3,5-7,10-11H,4,8-9,12-13H2,1H3,(H,21,27)(H,22,28). The molecule has 0 aliphatic carbocycles. The number of aryl methyl sites for hydroxylation is 1. The molecule has 9 nitrogen and oxygen atoms in total. The molecule has 29 heavy (non-hydrogen) atoms. The lowest BCUT2D eigenvalue weighted by atomic mass is 10.1. The summed E-state index contributed by atoms with van der Waals surface area (Å²) in [6, 6.07) is 10.1. The lowest BCUT2D eigenvalue weighted by Gasteiger charge is -2.28. The van der Waals surface area contributed by atoms with E-state index in [1.54, 1.807) is 24.3 Å². The van der Waals surface area contributed by atoms with Gasteiger partial charge in [0.25, 0.3) is 23.6 Å². The van der Waals surface area contributed by atoms with Gasteiger partial charge in [-0.1, -0.05) is 17.7 Å². The van der Waals surface area contributed by atoms with E-state index in [0.717, 1.165) is 5.56 Å². The molecular weight excluding hydrogens is 376 g/mol. The average molecular weight is 398 g/mol. The molecule has 1 fully saturated rings. The van der Waals surface area contributed by atoms with Crippen LogP contribution in [0.5, 0.6) is 0 Å². The third-order valence-electron chi connectivity index (χ3n) is 4.43. The molecule has 0 bridgehead atoms. The van der Waals surface area contributed by atoms with Crippen molar-refractivity contribution in [3.63, 3.8) is 0 Å². The first kappa shape index (κ1) is 20.1. The van der Waals surface area contributed by atoms with Crippen LogP contribution in [0.3, 0.4) is 0 Å². The largest absolute Gasteiger partial charge is 0.459 e. The van der Waals surface area contributed by atoms with Gasteiger partial charge in [-0.05, 0) is 37.6 Å². The minimum Gasteiger partial charge on any atom is -0.459 e. The molecule has 1 aliphatic heterocycles. The molecule has 9 heteroatoms. The number of furan rings is 1. The Labute approximate surface area is 167 Å². The summed E-state index contributed by atoms with van der Waals surface area (Å²) in [4.78, 5) is 49.0. The number of nitrogens with zero attached hydrogens (tertiary/aromatic N) is 2. The molecule has 3 rings (SSSR count). The molecule has 1 saturated heterocycles. The van der Waals surface area contributed by atoms with Crippen molar-refractivity contribution in [2.75, 3.05) is 26.2 Å². The van der Waals surface area contributed by atoms with Gasteiger partial charge in [0, 0.05) is 18.7 Å². The van der Waals surface area contributed by atoms with Crippen LogP contribution in [0.4, 0.5) is 0 Å². The predicted octanol–water partition coefficient (Wildman–Crippen LogP) is 0.724. The maximum atomic E-state index is 12.5. The number of carbonyl (C=O) groups excluding carboxylic acids is 4. The summed E-state index contributed by atoms with van der Waals surface area (Å²) in [5.41, 5.74) is 1.41. The summed E-state index contributed by atoms with van der Waals surface area (Å²) >= 11 is 0. The number of rotatable bonds is 6. The smallest absolute Gasteiger partial charge is 0.287 e. The Morgan fingerprint density at radius 2 is 1.59 bits per heavy atom. The second-order valence-corrected chi connectivity index (χ2v) is 6.60. The Hall–Kier alpha value is -3.62. The Morgan fingerprint density at radius 3 is 2.17 bits per heavy atom. The van der Waals surface area contributed by atoms with E-state index in [2.05, 4.69) is 10.6 Å². The number of hydrogen-bond donors (Lipinski definition) is 2. The van der Waals surface area contributed by atoms with Crippen LogP contribution in [-0.4, -0.2) is 59.8 Å². The molecule has 2 aromatic rings. The van der Waals surface area contributed by atoms with Crippen molar-refractivity contribution in [1.29, 1.82) is 0 Å². The highest BCUT2D eigenvalue weighted by atomic mass is 16.3. The SMILES string of the molecule is Cc1cccc(C(=O)NCC(=O)N2CCCN2C(=O)CNC(=O)c2ccco2)c1. The van der Waals surface area contributed by atoms with Crippen LogP contribution in [0.2, 0.25) is 0 Å². The maximum absolute atomic E-state index is 12.5. The zero-order valence-corrected chi connectivity index (χ0v) is 16.0. The van der Waals surface area contributed by atoms with Crippen molar-refractivity contribution >= 4 is 23.6 Å². The van der Waals surface area contributed by atoms with Gasteiger partial charge in [0.15, 0.2) is 5.76 Å². The van der Waals surface area contributed by atoms with Crippen LogP contribution >= 0.6 is 0 Å². The Morgan fingerprint density at radius 1 is 0.931 bits per heavy atom. The van der Waals surface area contributed by atoms with E-state index in [4.69, 9.17) is 4.42 Å². The van der Waals surface area contributed by atoms with Crippen LogP contribution in [-0.2, 0) is 9.59 Å². The summed E-state index contributed by atoms with van der Waals surface area (Å²) in [5.74, 6) is -1.57. The maximum Gasteiger partial charge on any atom is 0.287 e. The van der Waals surface area contributed by atoms with Gasteiger partial charge in [0.1, 0.15) is 0 Å². The molecular formula is C20H22N4O5. The normalized spacial score (nSPS) is 13.3. The van der Waals surface area contributed by atoms with E-state index >= 15 is 0 Å². The van der Waals surface area contributed by atoms with Crippen molar-refractivity contribution in [1.82, 2.24) is 20.7 Å². The summed E-state index contributed by atoms with van der Waals surface area (Å²) in [6.45, 7) is 2.12. The zero-order valence-electron chi connectivity index (χ0n) is 16.0. The molecule has 1 aromatic carbocycles. The minimum absolute atomic E-state index is 0.103. The first-order valence-electron chi connectivity index (χ1n) is 9.23. The molecule has 1 aliphatic rings. The van der Waals surface area contributed by atoms with Gasteiger partial charge in [-0.25, -0.2) is 10.0 Å². The highest BCUT2D eigenvalue weighted by molar-refractivity contribution is 5.97. The predicted molar refractivity (Wildman–Crippen MR) is 103 cm³/mol. The van der Waals surface area contributed by atoms with E-state index < -0.39 is 17.7 Å². The van der Waals surface area contributed by atoms with Gasteiger partial charge >= 0.3 is 0 Å². The second-order valence-electron chi connectivity index (χ2n) is 6.60. The number of carbonyl (C=O) groups is 4. The van der Waals surface area contributed by atoms with E-state index in [-0.39, 0.29) is 24.8 Å². The fourth-order valence-corrected chi connectivity index (χ4v) is 3.01. The number of benzene rings is 1. The van der Waals surface area contributed by atoms with Crippen molar-refractivity contribution in [3.8, 4) is 0 Å². The van der Waals surface area contributed by atoms with E-state index in [0.29, 0.717) is 25.1 Å². The number of nitrogens with one attached hydrogen (secondary N) is 2. The molecule has 0 radical (unpaired) electrons. The van der Waals surface area contributed by atoms with Gasteiger partial charge in [-0.3, -0.25) is 19.2 Å². The fraction of sp³-hybridized carbons (Fsp3) is 0.300. The van der Waals surface area contributed by atoms with Crippen molar-refractivity contribution in [3.05, 3.63) is 59.5 Å². The van der Waals surface area contributed by atoms with E-state index in [1.165, 1.54) is 22.3 Å². The molecule has 152 valence electrons. The molecule has 0 atom stereocenters. The minimum atomic E-state index is -0.508. The summed E-state index contributed by atoms with van der Waals surface area (Å²) in [6.07, 6.45) is 1.98. The van der Waals surface area contributed by atoms with Gasteiger partial charge < -0.3 is 15.1 Å². The van der Waals surface area contributed by atoms with Gasteiger partial charge in [-0.2, -0.15) is 0 Å². The summed E-state index contributed by atoms with van der Waals surface area (Å²) in [7, 11) is 0. The van der Waals surface area contributed by atoms with Crippen LogP contribution in [0, 0.1) is 6.92 Å². The van der Waals surface area contributed by atoms with Crippen LogP contribution in [0.1, 0.15) is 32.9 Å². The third kappa shape index (κ3) is 5.01. The second kappa shape index (κ2) is 9.05. The Kier molecular flexibility index (Phi) is 6.28. The third-order valence-corrected chi connectivity index (χ3v) is 4.43. The van der Waals surface area contributed by atoms with Crippen LogP contribution in [0.15, 0.2) is 47.1 Å². The van der Waals surface area contributed by atoms with E-state index in [9.17, 15) is 19.2 Å². The van der Waals surface area contributed by atoms with E-state index in [1.807, 2.05) is 13.0 Å². The quantitative estimate of drug-likeness (QED) is 0.745. The lowest BCUT2D eigenvalue weighted by molar-refractivity contribution is -0.156. The number of amides is 4. The number of hydrogen-bond acceptors (Lipinski definition) is 5. The highest BCUT2D eigenvalue weighted by Gasteiger charge is 2.30. The number of hydrazine groups is 1. The summed E-state index contributed by atoms with van der Waals surface area (Å²) < 4.78 is 4.97. The average Bonchev–Trinajstić information content (AvgIpc) is 3.41. The Bertz CT molecular complexity index is 909. The highest BCUT2D eigenvalue weighted by Crippen LogP contribution is 2.11. The van der Waals surface area contributed by atoms with Crippen molar-refractivity contribution < 1.29 is 23.6 Å². The molecule has 0 spiro atoms. The summed E-state index contributed by atoms with van der Waals surface area (Å²) in [5, 5.41) is 7.65. The van der Waals surface area contributed by atoms with Gasteiger partial charge in [-0.15, -0.1) is 0 Å². The first-order valence-corrected chi connectivity index (χ1v) is 9.23. The van der Waals surface area contributed by atoms with Gasteiger partial charge in [0.2, 0.25) is 0 Å². The van der Waals surface area contributed by atoms with Crippen LogP contribution in [0.25, 0.3) is 0 Å². The first-order chi connectivity index (χ1) is 14.0. The van der Waals surface area contributed by atoms with Gasteiger partial charge in [0.05, 0.1) is 19.4 Å². The molecule has 4 amide bonds. The molecule has 0 unspecified atom stereocenters. The molecule has 2 heterocycles. The molecule has 0 saturated carbocycles. The molecule has 1 aromatic heterocycles. The zero-order chi connectivity index (χ0) is 20.8. The molecule has 2 N–H and O–H groups in total. The fourth-order valence-electron chi connectivity index (χ4n) is 3.01. The van der Waals surface area contributed by atoms with Crippen LogP contribution < -0.4 is 10.6 Å². The monoisotopic (exact) mass is 398 g/mol. The van der Waals surface area contributed by atoms with Crippen molar-refractivity contribution in [2.45, 2.75) is 13.3 Å². The lowest BCUT2D eigenvalue weighted by Crippen LogP contribution is -2.51. The topological polar surface area (TPSA) is 112 Å². The Balaban J connectivity index is 1.51.